The van der Waals surface area contributed by atoms with Gasteiger partial charge in [-0.05, 0) is 37.3 Å². The van der Waals surface area contributed by atoms with E-state index in [4.69, 9.17) is 4.74 Å². The number of anilines is 1. The SMILES string of the molecule is CCC1Oc2ccccc2N(CCC(=O)NC2CCCCC2C)C1=O. The molecule has 3 rings (SSSR count). The van der Waals surface area contributed by atoms with Crippen LogP contribution in [0.15, 0.2) is 24.3 Å². The number of carbonyl (C=O) groups is 2. The van der Waals surface area contributed by atoms with E-state index in [-0.39, 0.29) is 17.9 Å². The zero-order valence-corrected chi connectivity index (χ0v) is 15.2. The van der Waals surface area contributed by atoms with E-state index in [0.29, 0.717) is 25.3 Å². The zero-order valence-electron chi connectivity index (χ0n) is 15.2. The molecule has 3 unspecified atom stereocenters. The summed E-state index contributed by atoms with van der Waals surface area (Å²) in [6.07, 6.45) is 5.15. The Morgan fingerprint density at radius 3 is 2.80 bits per heavy atom. The second-order valence-electron chi connectivity index (χ2n) is 7.16. The molecule has 5 heteroatoms. The smallest absolute Gasteiger partial charge is 0.268 e. The normalized spacial score (nSPS) is 25.9. The van der Waals surface area contributed by atoms with Crippen molar-refractivity contribution < 1.29 is 14.3 Å². The van der Waals surface area contributed by atoms with Gasteiger partial charge >= 0.3 is 0 Å². The van der Waals surface area contributed by atoms with Crippen molar-refractivity contribution in [2.45, 2.75) is 64.5 Å². The van der Waals surface area contributed by atoms with Crippen LogP contribution >= 0.6 is 0 Å². The predicted molar refractivity (Wildman–Crippen MR) is 97.7 cm³/mol. The minimum absolute atomic E-state index is 0.0311. The minimum atomic E-state index is -0.462. The number of benzene rings is 1. The molecule has 5 nitrogen and oxygen atoms in total. The Bertz CT molecular complexity index is 631. The van der Waals surface area contributed by atoms with Crippen molar-refractivity contribution in [3.63, 3.8) is 0 Å². The van der Waals surface area contributed by atoms with Gasteiger partial charge in [0.2, 0.25) is 5.91 Å². The Morgan fingerprint density at radius 1 is 1.28 bits per heavy atom. The molecule has 1 aliphatic carbocycles. The molecular weight excluding hydrogens is 316 g/mol. The van der Waals surface area contributed by atoms with Crippen LogP contribution in [0.2, 0.25) is 0 Å². The van der Waals surface area contributed by atoms with Gasteiger partial charge in [0, 0.05) is 19.0 Å². The lowest BCUT2D eigenvalue weighted by molar-refractivity contribution is -0.126. The summed E-state index contributed by atoms with van der Waals surface area (Å²) in [5, 5.41) is 3.16. The molecule has 1 heterocycles. The van der Waals surface area contributed by atoms with Crippen molar-refractivity contribution in [2.75, 3.05) is 11.4 Å². The molecule has 2 amide bonds. The molecular formula is C20H28N2O3. The van der Waals surface area contributed by atoms with Crippen LogP contribution in [0.4, 0.5) is 5.69 Å². The number of nitrogens with zero attached hydrogens (tertiary/aromatic N) is 1. The third-order valence-corrected chi connectivity index (χ3v) is 5.36. The standard InChI is InChI=1S/C20H28N2O3/c1-3-17-20(24)22(16-10-6-7-11-18(16)25-17)13-12-19(23)21-15-9-5-4-8-14(15)2/h6-7,10-11,14-15,17H,3-5,8-9,12-13H2,1-2H3,(H,21,23). The van der Waals surface area contributed by atoms with E-state index in [9.17, 15) is 9.59 Å². The van der Waals surface area contributed by atoms with Crippen molar-refractivity contribution >= 4 is 17.5 Å². The summed E-state index contributed by atoms with van der Waals surface area (Å²) in [6, 6.07) is 7.81. The third kappa shape index (κ3) is 3.97. The molecule has 2 aliphatic rings. The van der Waals surface area contributed by atoms with Gasteiger partial charge in [0.05, 0.1) is 5.69 Å². The van der Waals surface area contributed by atoms with Crippen LogP contribution < -0.4 is 15.0 Å². The van der Waals surface area contributed by atoms with E-state index in [1.54, 1.807) is 4.90 Å². The predicted octanol–water partition coefficient (Wildman–Crippen LogP) is 3.28. The second-order valence-corrected chi connectivity index (χ2v) is 7.16. The van der Waals surface area contributed by atoms with E-state index in [2.05, 4.69) is 12.2 Å². The number of para-hydroxylation sites is 2. The summed E-state index contributed by atoms with van der Waals surface area (Å²) in [7, 11) is 0. The summed E-state index contributed by atoms with van der Waals surface area (Å²) >= 11 is 0. The Kier molecular flexibility index (Phi) is 5.61. The maximum absolute atomic E-state index is 12.6. The Hall–Kier alpha value is -2.04. The Balaban J connectivity index is 1.63. The number of fused-ring (bicyclic) bond motifs is 1. The molecule has 1 aromatic carbocycles. The number of ether oxygens (including phenoxy) is 1. The quantitative estimate of drug-likeness (QED) is 0.892. The highest BCUT2D eigenvalue weighted by Gasteiger charge is 2.33. The van der Waals surface area contributed by atoms with Gasteiger partial charge in [0.15, 0.2) is 6.10 Å². The average Bonchev–Trinajstić information content (AvgIpc) is 2.62. The van der Waals surface area contributed by atoms with Gasteiger partial charge in [-0.3, -0.25) is 9.59 Å². The van der Waals surface area contributed by atoms with E-state index < -0.39 is 6.10 Å². The number of hydrogen-bond acceptors (Lipinski definition) is 3. The first-order valence-electron chi connectivity index (χ1n) is 9.46. The first-order valence-corrected chi connectivity index (χ1v) is 9.46. The molecule has 1 fully saturated rings. The maximum Gasteiger partial charge on any atom is 0.268 e. The highest BCUT2D eigenvalue weighted by molar-refractivity contribution is 6.00. The first kappa shape index (κ1) is 17.8. The van der Waals surface area contributed by atoms with Crippen LogP contribution in [-0.4, -0.2) is 30.5 Å². The van der Waals surface area contributed by atoms with Gasteiger partial charge in [0.1, 0.15) is 5.75 Å². The van der Waals surface area contributed by atoms with Crippen LogP contribution in [0.5, 0.6) is 5.75 Å². The van der Waals surface area contributed by atoms with Crippen molar-refractivity contribution in [1.29, 1.82) is 0 Å². The molecule has 0 aromatic heterocycles. The summed E-state index contributed by atoms with van der Waals surface area (Å²) in [5.41, 5.74) is 0.760. The largest absolute Gasteiger partial charge is 0.478 e. The van der Waals surface area contributed by atoms with Crippen LogP contribution in [0.1, 0.15) is 52.4 Å². The van der Waals surface area contributed by atoms with Crippen LogP contribution in [0, 0.1) is 5.92 Å². The van der Waals surface area contributed by atoms with E-state index >= 15 is 0 Å². The van der Waals surface area contributed by atoms with Gasteiger partial charge in [0.25, 0.3) is 5.91 Å². The number of carbonyl (C=O) groups excluding carboxylic acids is 2. The fraction of sp³-hybridized carbons (Fsp3) is 0.600. The Morgan fingerprint density at radius 2 is 2.04 bits per heavy atom. The van der Waals surface area contributed by atoms with Crippen molar-refractivity contribution in [3.05, 3.63) is 24.3 Å². The van der Waals surface area contributed by atoms with E-state index in [1.807, 2.05) is 31.2 Å². The van der Waals surface area contributed by atoms with Gasteiger partial charge in [-0.2, -0.15) is 0 Å². The third-order valence-electron chi connectivity index (χ3n) is 5.36. The lowest BCUT2D eigenvalue weighted by Gasteiger charge is -2.34. The molecule has 0 bridgehead atoms. The van der Waals surface area contributed by atoms with Gasteiger partial charge in [-0.15, -0.1) is 0 Å². The highest BCUT2D eigenvalue weighted by Crippen LogP contribution is 2.34. The molecule has 0 saturated heterocycles. The monoisotopic (exact) mass is 344 g/mol. The molecule has 25 heavy (non-hydrogen) atoms. The molecule has 1 saturated carbocycles. The number of nitrogens with one attached hydrogen (secondary N) is 1. The molecule has 136 valence electrons. The van der Waals surface area contributed by atoms with E-state index in [0.717, 1.165) is 17.9 Å². The van der Waals surface area contributed by atoms with Gasteiger partial charge in [-0.25, -0.2) is 0 Å². The summed E-state index contributed by atoms with van der Waals surface area (Å²) in [5.74, 6) is 1.23. The fourth-order valence-electron chi connectivity index (χ4n) is 3.79. The minimum Gasteiger partial charge on any atom is -0.478 e. The molecule has 3 atom stereocenters. The number of hydrogen-bond donors (Lipinski definition) is 1. The van der Waals surface area contributed by atoms with Crippen molar-refractivity contribution in [2.24, 2.45) is 5.92 Å². The van der Waals surface area contributed by atoms with Gasteiger partial charge < -0.3 is 15.0 Å². The van der Waals surface area contributed by atoms with Gasteiger partial charge in [-0.1, -0.05) is 38.8 Å². The maximum atomic E-state index is 12.6. The topological polar surface area (TPSA) is 58.6 Å². The number of rotatable bonds is 5. The number of amides is 2. The molecule has 1 aliphatic heterocycles. The van der Waals surface area contributed by atoms with E-state index in [1.165, 1.54) is 19.3 Å². The summed E-state index contributed by atoms with van der Waals surface area (Å²) in [6.45, 7) is 4.53. The molecule has 0 spiro atoms. The lowest BCUT2D eigenvalue weighted by Crippen LogP contribution is -2.47. The highest BCUT2D eigenvalue weighted by atomic mass is 16.5. The van der Waals surface area contributed by atoms with Crippen molar-refractivity contribution in [3.8, 4) is 5.75 Å². The second kappa shape index (κ2) is 7.89. The van der Waals surface area contributed by atoms with Crippen LogP contribution in [0.25, 0.3) is 0 Å². The molecule has 1 aromatic rings. The zero-order chi connectivity index (χ0) is 17.8. The van der Waals surface area contributed by atoms with Crippen molar-refractivity contribution in [1.82, 2.24) is 5.32 Å². The summed E-state index contributed by atoms with van der Waals surface area (Å²) < 4.78 is 5.77. The Labute approximate surface area is 149 Å². The molecule has 1 N–H and O–H groups in total. The van der Waals surface area contributed by atoms with Crippen LogP contribution in [-0.2, 0) is 9.59 Å². The van der Waals surface area contributed by atoms with Crippen LogP contribution in [0.3, 0.4) is 0 Å². The first-order chi connectivity index (χ1) is 12.1. The molecule has 0 radical (unpaired) electrons. The fourth-order valence-corrected chi connectivity index (χ4v) is 3.79. The average molecular weight is 344 g/mol. The summed E-state index contributed by atoms with van der Waals surface area (Å²) in [4.78, 5) is 26.7. The lowest BCUT2D eigenvalue weighted by atomic mass is 9.86.